The van der Waals surface area contributed by atoms with Crippen LogP contribution in [0, 0.1) is 13.8 Å². The molecule has 0 amide bonds. The number of ether oxygens (including phenoxy) is 2. The Hall–Kier alpha value is -1.66. The molecule has 0 fully saturated rings. The van der Waals surface area contributed by atoms with Gasteiger partial charge in [-0.2, -0.15) is 0 Å². The summed E-state index contributed by atoms with van der Waals surface area (Å²) in [6, 6.07) is 9.61. The first kappa shape index (κ1) is 29.9. The summed E-state index contributed by atoms with van der Waals surface area (Å²) >= 11 is 0. The van der Waals surface area contributed by atoms with E-state index < -0.39 is 0 Å². The van der Waals surface area contributed by atoms with Gasteiger partial charge in [-0.1, -0.05) is 91.4 Å². The van der Waals surface area contributed by atoms with Gasteiger partial charge in [-0.25, -0.2) is 0 Å². The van der Waals surface area contributed by atoms with Crippen LogP contribution in [0.15, 0.2) is 24.3 Å². The topological polar surface area (TPSA) is 18.5 Å². The molecule has 37 heavy (non-hydrogen) atoms. The van der Waals surface area contributed by atoms with Crippen LogP contribution in [0.2, 0.25) is 0 Å². The van der Waals surface area contributed by atoms with Gasteiger partial charge in [-0.05, 0) is 85.4 Å². The largest absolute Gasteiger partial charge is 0.493 e. The highest BCUT2D eigenvalue weighted by atomic mass is 31.1. The van der Waals surface area contributed by atoms with Crippen molar-refractivity contribution < 1.29 is 9.47 Å². The number of unbranched alkanes of at least 4 members (excludes halogenated alkanes) is 11. The minimum absolute atomic E-state index is 0.313. The first-order chi connectivity index (χ1) is 18.1. The van der Waals surface area contributed by atoms with E-state index in [1.54, 1.807) is 10.2 Å². The van der Waals surface area contributed by atoms with Gasteiger partial charge < -0.3 is 9.47 Å². The summed E-state index contributed by atoms with van der Waals surface area (Å²) in [5.41, 5.74) is 2.58. The molecule has 206 valence electrons. The van der Waals surface area contributed by atoms with E-state index in [4.69, 9.17) is 9.47 Å². The Labute approximate surface area is 228 Å². The number of fused-ring (bicyclic) bond motifs is 3. The van der Waals surface area contributed by atoms with Crippen molar-refractivity contribution in [1.29, 1.82) is 0 Å². The zero-order chi connectivity index (χ0) is 26.5. The third-order valence-electron chi connectivity index (χ3n) is 7.70. The van der Waals surface area contributed by atoms with E-state index in [2.05, 4.69) is 58.9 Å². The fourth-order valence-electron chi connectivity index (χ4n) is 5.38. The molecule has 0 saturated heterocycles. The third kappa shape index (κ3) is 8.68. The zero-order valence-corrected chi connectivity index (χ0v) is 25.5. The summed E-state index contributed by atoms with van der Waals surface area (Å²) in [7, 11) is -0.313. The first-order valence-electron chi connectivity index (χ1n) is 15.4. The molecule has 2 aromatic carbocycles. The van der Waals surface area contributed by atoms with Crippen molar-refractivity contribution in [1.82, 2.24) is 0 Å². The molecule has 3 rings (SSSR count). The van der Waals surface area contributed by atoms with E-state index in [0.29, 0.717) is 0 Å². The van der Waals surface area contributed by atoms with E-state index in [1.807, 2.05) is 0 Å². The smallest absolute Gasteiger partial charge is 0.122 e. The van der Waals surface area contributed by atoms with Crippen LogP contribution in [0.1, 0.15) is 122 Å². The second-order valence-electron chi connectivity index (χ2n) is 11.0. The fourth-order valence-corrected chi connectivity index (χ4v) is 8.31. The highest BCUT2D eigenvalue weighted by molar-refractivity contribution is 7.60. The number of rotatable bonds is 19. The predicted octanol–water partition coefficient (Wildman–Crippen LogP) is 11.9. The fraction of sp³-hybridized carbons (Fsp3) is 0.647. The quantitative estimate of drug-likeness (QED) is 0.145. The summed E-state index contributed by atoms with van der Waals surface area (Å²) in [6.07, 6.45) is 19.5. The van der Waals surface area contributed by atoms with E-state index in [9.17, 15) is 0 Å². The number of aryl methyl sites for hydroxylation is 3. The highest BCUT2D eigenvalue weighted by Gasteiger charge is 2.17. The number of benzene rings is 2. The second kappa shape index (κ2) is 16.3. The molecule has 1 heterocycles. The SMILES string of the molecule is CCCCCCCCCCp1c2cc(C)c(OCCCCC)cc2c2cc(OCCCCC)c(C)cc21. The van der Waals surface area contributed by atoms with E-state index in [1.165, 1.54) is 105 Å². The van der Waals surface area contributed by atoms with Gasteiger partial charge >= 0.3 is 0 Å². The summed E-state index contributed by atoms with van der Waals surface area (Å²) in [4.78, 5) is 0. The molecule has 0 aliphatic carbocycles. The standard InChI is InChI=1S/C34H53O2P/c1-6-9-12-13-14-15-16-19-22-37-33-23-27(4)31(35-20-17-10-7-2)25-29(33)30-26-32(28(5)24-34(30)37)36-21-18-11-8-3/h23-26H,6-22H2,1-5H3. The van der Waals surface area contributed by atoms with Gasteiger partial charge in [0, 0.05) is 10.2 Å². The molecule has 3 heteroatoms. The highest BCUT2D eigenvalue weighted by Crippen LogP contribution is 2.53. The summed E-state index contributed by atoms with van der Waals surface area (Å²) in [5.74, 6) is 2.13. The minimum Gasteiger partial charge on any atom is -0.493 e. The van der Waals surface area contributed by atoms with Crippen molar-refractivity contribution >= 4 is 28.5 Å². The van der Waals surface area contributed by atoms with Crippen LogP contribution < -0.4 is 9.47 Å². The van der Waals surface area contributed by atoms with Gasteiger partial charge in [0.25, 0.3) is 0 Å². The second-order valence-corrected chi connectivity index (χ2v) is 13.3. The lowest BCUT2D eigenvalue weighted by Gasteiger charge is -2.11. The Kier molecular flexibility index (Phi) is 13.2. The zero-order valence-electron chi connectivity index (χ0n) is 24.6. The number of hydrogen-bond acceptors (Lipinski definition) is 2. The molecule has 1 aromatic heterocycles. The maximum absolute atomic E-state index is 6.29. The van der Waals surface area contributed by atoms with Crippen LogP contribution in [0.5, 0.6) is 11.5 Å². The lowest BCUT2D eigenvalue weighted by atomic mass is 10.1. The molecular weight excluding hydrogens is 471 g/mol. The lowest BCUT2D eigenvalue weighted by molar-refractivity contribution is 0.304. The average molecular weight is 525 g/mol. The lowest BCUT2D eigenvalue weighted by Crippen LogP contribution is -1.99. The van der Waals surface area contributed by atoms with Crippen LogP contribution in [0.4, 0.5) is 0 Å². The molecule has 3 aromatic rings. The number of hydrogen-bond donors (Lipinski definition) is 0. The van der Waals surface area contributed by atoms with Crippen LogP contribution >= 0.6 is 7.53 Å². The Morgan fingerprint density at radius 2 is 0.919 bits per heavy atom. The molecule has 0 unspecified atom stereocenters. The van der Waals surface area contributed by atoms with Crippen LogP contribution in [0.3, 0.4) is 0 Å². The Bertz CT molecular complexity index is 1010. The Morgan fingerprint density at radius 3 is 1.38 bits per heavy atom. The monoisotopic (exact) mass is 524 g/mol. The maximum atomic E-state index is 6.29. The van der Waals surface area contributed by atoms with Crippen molar-refractivity contribution in [2.24, 2.45) is 0 Å². The van der Waals surface area contributed by atoms with Crippen molar-refractivity contribution in [3.63, 3.8) is 0 Å². The molecule has 0 aliphatic rings. The van der Waals surface area contributed by atoms with Gasteiger partial charge in [0.05, 0.1) is 13.2 Å². The summed E-state index contributed by atoms with van der Waals surface area (Å²) in [6.45, 7) is 12.9. The van der Waals surface area contributed by atoms with Gasteiger partial charge in [0.2, 0.25) is 0 Å². The normalized spacial score (nSPS) is 11.6. The van der Waals surface area contributed by atoms with Gasteiger partial charge in [-0.15, -0.1) is 7.53 Å². The molecule has 0 spiro atoms. The molecule has 0 N–H and O–H groups in total. The van der Waals surface area contributed by atoms with Crippen molar-refractivity contribution in [3.8, 4) is 11.5 Å². The molecule has 0 atom stereocenters. The van der Waals surface area contributed by atoms with Crippen molar-refractivity contribution in [2.45, 2.75) is 131 Å². The molecular formula is C34H53O2P. The van der Waals surface area contributed by atoms with Gasteiger partial charge in [-0.3, -0.25) is 0 Å². The van der Waals surface area contributed by atoms with Gasteiger partial charge in [0.1, 0.15) is 11.5 Å². The molecule has 0 radical (unpaired) electrons. The van der Waals surface area contributed by atoms with Crippen molar-refractivity contribution in [3.05, 3.63) is 35.4 Å². The summed E-state index contributed by atoms with van der Waals surface area (Å²) < 4.78 is 12.6. The summed E-state index contributed by atoms with van der Waals surface area (Å²) in [5, 5.41) is 5.92. The maximum Gasteiger partial charge on any atom is 0.122 e. The van der Waals surface area contributed by atoms with Crippen LogP contribution in [0.25, 0.3) is 21.0 Å². The van der Waals surface area contributed by atoms with Crippen LogP contribution in [-0.2, 0) is 6.16 Å². The molecule has 2 nitrogen and oxygen atoms in total. The Morgan fingerprint density at radius 1 is 0.514 bits per heavy atom. The average Bonchev–Trinajstić information content (AvgIpc) is 3.17. The van der Waals surface area contributed by atoms with Crippen molar-refractivity contribution in [2.75, 3.05) is 13.2 Å². The molecule has 0 saturated carbocycles. The predicted molar refractivity (Wildman–Crippen MR) is 166 cm³/mol. The van der Waals surface area contributed by atoms with Gasteiger partial charge in [0.15, 0.2) is 0 Å². The van der Waals surface area contributed by atoms with E-state index in [0.717, 1.165) is 37.6 Å². The minimum atomic E-state index is -0.313. The molecule has 0 aliphatic heterocycles. The van der Waals surface area contributed by atoms with Crippen LogP contribution in [-0.4, -0.2) is 13.2 Å². The first-order valence-corrected chi connectivity index (χ1v) is 17.0. The third-order valence-corrected chi connectivity index (χ3v) is 10.4. The molecule has 0 bridgehead atoms. The Balaban J connectivity index is 1.85. The van der Waals surface area contributed by atoms with E-state index in [-0.39, 0.29) is 7.53 Å². The van der Waals surface area contributed by atoms with E-state index >= 15 is 0 Å².